The maximum Gasteiger partial charge on any atom is 0.407 e. The van der Waals surface area contributed by atoms with Gasteiger partial charge in [-0.3, -0.25) is 0 Å². The summed E-state index contributed by atoms with van der Waals surface area (Å²) in [6.45, 7) is 7.33. The summed E-state index contributed by atoms with van der Waals surface area (Å²) < 4.78 is 0. The molecule has 27 heavy (non-hydrogen) atoms. The second-order valence-electron chi connectivity index (χ2n) is 8.77. The van der Waals surface area contributed by atoms with Crippen molar-refractivity contribution in [1.82, 2.24) is 4.90 Å². The number of anilines is 1. The molecule has 4 nitrogen and oxygen atoms in total. The second kappa shape index (κ2) is 6.59. The number of piperidine rings is 1. The molecule has 1 saturated heterocycles. The zero-order chi connectivity index (χ0) is 19.2. The molecule has 4 rings (SSSR count). The number of nitrogens with zero attached hydrogens (tertiary/aromatic N) is 1. The molecule has 2 heterocycles. The van der Waals surface area contributed by atoms with Crippen LogP contribution in [0.15, 0.2) is 48.5 Å². The van der Waals surface area contributed by atoms with Crippen molar-refractivity contribution in [1.29, 1.82) is 0 Å². The predicted molar refractivity (Wildman–Crippen MR) is 108 cm³/mol. The summed E-state index contributed by atoms with van der Waals surface area (Å²) in [6.07, 6.45) is 1.12. The number of carboxylic acid groups (broad SMARTS) is 1. The van der Waals surface area contributed by atoms with Crippen LogP contribution in [0.2, 0.25) is 0 Å². The van der Waals surface area contributed by atoms with Crippen LogP contribution in [0.5, 0.6) is 0 Å². The zero-order valence-electron chi connectivity index (χ0n) is 16.3. The average Bonchev–Trinajstić information content (AvgIpc) is 2.66. The van der Waals surface area contributed by atoms with E-state index in [2.05, 4.69) is 62.5 Å². The van der Waals surface area contributed by atoms with E-state index in [9.17, 15) is 9.90 Å². The van der Waals surface area contributed by atoms with Crippen molar-refractivity contribution in [3.63, 3.8) is 0 Å². The van der Waals surface area contributed by atoms with Crippen LogP contribution in [0.3, 0.4) is 0 Å². The van der Waals surface area contributed by atoms with E-state index in [1.54, 1.807) is 4.90 Å². The molecule has 2 aliphatic rings. The van der Waals surface area contributed by atoms with Crippen LogP contribution in [0.4, 0.5) is 10.5 Å². The Morgan fingerprint density at radius 2 is 1.74 bits per heavy atom. The van der Waals surface area contributed by atoms with E-state index in [0.717, 1.165) is 24.1 Å². The summed E-state index contributed by atoms with van der Waals surface area (Å²) in [5.74, 6) is 0.230. The summed E-state index contributed by atoms with van der Waals surface area (Å²) in [7, 11) is 0. The highest BCUT2D eigenvalue weighted by molar-refractivity contribution is 5.68. The first-order valence-electron chi connectivity index (χ1n) is 9.82. The molecule has 2 N–H and O–H groups in total. The quantitative estimate of drug-likeness (QED) is 0.694. The Morgan fingerprint density at radius 1 is 1.07 bits per heavy atom. The topological polar surface area (TPSA) is 52.6 Å². The fraction of sp³-hybridized carbons (Fsp3) is 0.435. The molecule has 0 bridgehead atoms. The Labute approximate surface area is 161 Å². The largest absolute Gasteiger partial charge is 0.465 e. The van der Waals surface area contributed by atoms with Crippen molar-refractivity contribution in [2.24, 2.45) is 5.92 Å². The van der Waals surface area contributed by atoms with Crippen LogP contribution in [-0.2, 0) is 5.41 Å². The molecule has 2 aliphatic heterocycles. The average molecular weight is 364 g/mol. The number of hydrogen-bond acceptors (Lipinski definition) is 2. The van der Waals surface area contributed by atoms with E-state index < -0.39 is 6.09 Å². The van der Waals surface area contributed by atoms with Crippen LogP contribution in [0, 0.1) is 5.92 Å². The summed E-state index contributed by atoms with van der Waals surface area (Å²) in [5, 5.41) is 13.6. The van der Waals surface area contributed by atoms with Crippen molar-refractivity contribution in [2.75, 3.05) is 11.9 Å². The van der Waals surface area contributed by atoms with Gasteiger partial charge in [-0.1, -0.05) is 63.2 Å². The summed E-state index contributed by atoms with van der Waals surface area (Å²) in [6, 6.07) is 16.8. The molecule has 3 atom stereocenters. The number of nitrogens with one attached hydrogen (secondary N) is 1. The van der Waals surface area contributed by atoms with Crippen molar-refractivity contribution in [2.45, 2.75) is 51.1 Å². The monoisotopic (exact) mass is 364 g/mol. The molecule has 0 saturated carbocycles. The molecule has 2 aromatic carbocycles. The number of para-hydroxylation sites is 1. The van der Waals surface area contributed by atoms with Crippen LogP contribution >= 0.6 is 0 Å². The first-order valence-corrected chi connectivity index (χ1v) is 9.82. The molecule has 1 fully saturated rings. The minimum atomic E-state index is -0.816. The third kappa shape index (κ3) is 3.07. The smallest absolute Gasteiger partial charge is 0.407 e. The Kier molecular flexibility index (Phi) is 4.37. The van der Waals surface area contributed by atoms with Gasteiger partial charge in [0.1, 0.15) is 0 Å². The van der Waals surface area contributed by atoms with Gasteiger partial charge < -0.3 is 15.3 Å². The number of likely N-dealkylation sites (tertiary alicyclic amines) is 1. The predicted octanol–water partition coefficient (Wildman–Crippen LogP) is 5.58. The van der Waals surface area contributed by atoms with Gasteiger partial charge in [0, 0.05) is 18.2 Å². The summed E-state index contributed by atoms with van der Waals surface area (Å²) in [5.41, 5.74) is 4.82. The number of carbonyl (C=O) groups is 1. The maximum absolute atomic E-state index is 12.0. The van der Waals surface area contributed by atoms with Gasteiger partial charge in [-0.15, -0.1) is 0 Å². The van der Waals surface area contributed by atoms with Gasteiger partial charge in [0.05, 0.1) is 12.1 Å². The summed E-state index contributed by atoms with van der Waals surface area (Å²) >= 11 is 0. The van der Waals surface area contributed by atoms with Gasteiger partial charge in [0.15, 0.2) is 0 Å². The van der Waals surface area contributed by atoms with Gasteiger partial charge in [-0.05, 0) is 41.0 Å². The number of benzene rings is 2. The Morgan fingerprint density at radius 3 is 2.44 bits per heavy atom. The third-order valence-corrected chi connectivity index (χ3v) is 6.05. The molecular weight excluding hydrogens is 336 g/mol. The third-order valence-electron chi connectivity index (χ3n) is 6.05. The molecular formula is C23H28N2O2. The molecule has 142 valence electrons. The van der Waals surface area contributed by atoms with Gasteiger partial charge in [-0.25, -0.2) is 4.79 Å². The maximum atomic E-state index is 12.0. The SMILES string of the molecule is CC(C)(C)c1ccccc1[C@@H]1Nc2ccccc2[C@@H]2[C@H]1CCCN2C(=O)O. The normalized spacial score (nSPS) is 24.6. The molecule has 0 aliphatic carbocycles. The van der Waals surface area contributed by atoms with E-state index >= 15 is 0 Å². The number of hydrogen-bond donors (Lipinski definition) is 2. The first-order chi connectivity index (χ1) is 12.9. The second-order valence-corrected chi connectivity index (χ2v) is 8.77. The molecule has 0 unspecified atom stereocenters. The zero-order valence-corrected chi connectivity index (χ0v) is 16.3. The van der Waals surface area contributed by atoms with Gasteiger partial charge in [0.25, 0.3) is 0 Å². The molecule has 1 amide bonds. The van der Waals surface area contributed by atoms with E-state index in [0.29, 0.717) is 6.54 Å². The Balaban J connectivity index is 1.86. The van der Waals surface area contributed by atoms with Gasteiger partial charge >= 0.3 is 6.09 Å². The van der Waals surface area contributed by atoms with E-state index in [-0.39, 0.29) is 23.4 Å². The molecule has 0 radical (unpaired) electrons. The lowest BCUT2D eigenvalue weighted by Crippen LogP contribution is -2.47. The lowest BCUT2D eigenvalue weighted by molar-refractivity contribution is 0.0680. The van der Waals surface area contributed by atoms with Crippen molar-refractivity contribution in [3.05, 3.63) is 65.2 Å². The highest BCUT2D eigenvalue weighted by Gasteiger charge is 2.45. The standard InChI is InChI=1S/C23H28N2O2/c1-23(2,3)18-12-6-4-9-15(18)20-17-11-8-14-25(22(26)27)21(17)16-10-5-7-13-19(16)24-20/h4-7,9-10,12-13,17,20-21,24H,8,11,14H2,1-3H3,(H,26,27)/t17-,20-,21+/m0/s1. The van der Waals surface area contributed by atoms with E-state index in [1.807, 2.05) is 12.1 Å². The van der Waals surface area contributed by atoms with Gasteiger partial charge in [-0.2, -0.15) is 0 Å². The van der Waals surface area contributed by atoms with Crippen LogP contribution in [-0.4, -0.2) is 22.6 Å². The van der Waals surface area contributed by atoms with Gasteiger partial charge in [0.2, 0.25) is 0 Å². The fourth-order valence-corrected chi connectivity index (χ4v) is 4.91. The summed E-state index contributed by atoms with van der Waals surface area (Å²) in [4.78, 5) is 13.6. The lowest BCUT2D eigenvalue weighted by atomic mass is 9.71. The van der Waals surface area contributed by atoms with Crippen LogP contribution in [0.25, 0.3) is 0 Å². The van der Waals surface area contributed by atoms with Crippen molar-refractivity contribution < 1.29 is 9.90 Å². The Bertz CT molecular complexity index is 855. The highest BCUT2D eigenvalue weighted by Crippen LogP contribution is 2.51. The molecule has 0 spiro atoms. The van der Waals surface area contributed by atoms with Crippen molar-refractivity contribution in [3.8, 4) is 0 Å². The van der Waals surface area contributed by atoms with Crippen molar-refractivity contribution >= 4 is 11.8 Å². The first kappa shape index (κ1) is 17.9. The number of rotatable bonds is 1. The van der Waals surface area contributed by atoms with E-state index in [1.165, 1.54) is 11.1 Å². The molecule has 4 heteroatoms. The Hall–Kier alpha value is -2.49. The van der Waals surface area contributed by atoms with Crippen LogP contribution < -0.4 is 5.32 Å². The van der Waals surface area contributed by atoms with E-state index in [4.69, 9.17) is 0 Å². The number of amides is 1. The lowest BCUT2D eigenvalue weighted by Gasteiger charge is -2.48. The fourth-order valence-electron chi connectivity index (χ4n) is 4.91. The van der Waals surface area contributed by atoms with Crippen LogP contribution in [0.1, 0.15) is 62.4 Å². The molecule has 0 aromatic heterocycles. The highest BCUT2D eigenvalue weighted by atomic mass is 16.4. The minimum absolute atomic E-state index is 0.0336. The molecule has 2 aromatic rings. The minimum Gasteiger partial charge on any atom is -0.465 e. The number of fused-ring (bicyclic) bond motifs is 3.